The van der Waals surface area contributed by atoms with Crippen molar-refractivity contribution in [3.63, 3.8) is 0 Å². The minimum atomic E-state index is 0. The molecule has 0 aromatic heterocycles. The molecule has 1 heterocycles. The Bertz CT molecular complexity index is 316. The molecule has 1 fully saturated rings. The summed E-state index contributed by atoms with van der Waals surface area (Å²) in [6.07, 6.45) is 4.49. The summed E-state index contributed by atoms with van der Waals surface area (Å²) in [5, 5.41) is 6.46. The predicted molar refractivity (Wildman–Crippen MR) is 98.4 cm³/mol. The van der Waals surface area contributed by atoms with Gasteiger partial charge < -0.3 is 20.4 Å². The Morgan fingerprint density at radius 3 is 2.33 bits per heavy atom. The number of rotatable bonds is 6. The van der Waals surface area contributed by atoms with Gasteiger partial charge in [0.2, 0.25) is 5.91 Å². The van der Waals surface area contributed by atoms with Crippen LogP contribution in [-0.4, -0.2) is 75.5 Å². The minimum Gasteiger partial charge on any atom is -0.356 e. The fraction of sp³-hybridized carbons (Fsp3) is 0.857. The summed E-state index contributed by atoms with van der Waals surface area (Å²) in [5.74, 6) is 0.898. The Labute approximate surface area is 145 Å². The highest BCUT2D eigenvalue weighted by Crippen LogP contribution is 2.07. The van der Waals surface area contributed by atoms with Gasteiger partial charge >= 0.3 is 0 Å². The SMILES string of the molecule is CN=C(NCCC(=O)N(C)C)NCCN1CCCCC1.I. The average molecular weight is 411 g/mol. The molecule has 1 rings (SSSR count). The molecule has 1 aliphatic rings. The summed E-state index contributed by atoms with van der Waals surface area (Å²) in [7, 11) is 5.30. The molecule has 0 aliphatic carbocycles. The minimum absolute atomic E-state index is 0. The van der Waals surface area contributed by atoms with Gasteiger partial charge in [0.25, 0.3) is 0 Å². The van der Waals surface area contributed by atoms with E-state index in [-0.39, 0.29) is 29.9 Å². The van der Waals surface area contributed by atoms with Gasteiger partial charge in [0.1, 0.15) is 0 Å². The summed E-state index contributed by atoms with van der Waals surface area (Å²) in [6.45, 7) is 4.98. The molecule has 7 heteroatoms. The molecule has 21 heavy (non-hydrogen) atoms. The molecule has 2 N–H and O–H groups in total. The second kappa shape index (κ2) is 12.0. The van der Waals surface area contributed by atoms with Crippen molar-refractivity contribution in [3.05, 3.63) is 0 Å². The largest absolute Gasteiger partial charge is 0.356 e. The molecule has 0 atom stereocenters. The molecule has 1 saturated heterocycles. The van der Waals surface area contributed by atoms with Crippen molar-refractivity contribution in [3.8, 4) is 0 Å². The molecule has 0 aromatic rings. The molecule has 0 aromatic carbocycles. The fourth-order valence-corrected chi connectivity index (χ4v) is 2.25. The first kappa shape index (κ1) is 20.4. The van der Waals surface area contributed by atoms with Gasteiger partial charge in [0.15, 0.2) is 5.96 Å². The predicted octanol–water partition coefficient (Wildman–Crippen LogP) is 0.734. The quantitative estimate of drug-likeness (QED) is 0.385. The van der Waals surface area contributed by atoms with Crippen LogP contribution < -0.4 is 10.6 Å². The van der Waals surface area contributed by atoms with Crippen molar-refractivity contribution >= 4 is 35.8 Å². The summed E-state index contributed by atoms with van der Waals surface area (Å²) < 4.78 is 0. The van der Waals surface area contributed by atoms with E-state index in [0.717, 1.165) is 19.0 Å². The lowest BCUT2D eigenvalue weighted by atomic mass is 10.1. The first-order valence-electron chi connectivity index (χ1n) is 7.50. The number of carbonyl (C=O) groups is 1. The van der Waals surface area contributed by atoms with Gasteiger partial charge in [-0.15, -0.1) is 24.0 Å². The molecule has 0 unspecified atom stereocenters. The summed E-state index contributed by atoms with van der Waals surface area (Å²) in [6, 6.07) is 0. The Morgan fingerprint density at radius 1 is 1.14 bits per heavy atom. The highest BCUT2D eigenvalue weighted by Gasteiger charge is 2.09. The number of hydrogen-bond acceptors (Lipinski definition) is 3. The number of aliphatic imine (C=N–C) groups is 1. The lowest BCUT2D eigenvalue weighted by Gasteiger charge is -2.26. The molecule has 0 radical (unpaired) electrons. The van der Waals surface area contributed by atoms with Gasteiger partial charge in [-0.3, -0.25) is 9.79 Å². The third-order valence-corrected chi connectivity index (χ3v) is 3.52. The number of guanidine groups is 1. The zero-order chi connectivity index (χ0) is 14.8. The Kier molecular flexibility index (Phi) is 11.7. The van der Waals surface area contributed by atoms with Crippen LogP contribution in [0.15, 0.2) is 4.99 Å². The second-order valence-electron chi connectivity index (χ2n) is 5.37. The Hall–Kier alpha value is -0.570. The van der Waals surface area contributed by atoms with Gasteiger partial charge in [-0.05, 0) is 25.9 Å². The van der Waals surface area contributed by atoms with Gasteiger partial charge in [-0.1, -0.05) is 6.42 Å². The van der Waals surface area contributed by atoms with E-state index in [1.54, 1.807) is 26.0 Å². The average Bonchev–Trinajstić information content (AvgIpc) is 2.46. The molecular formula is C14H30IN5O. The first-order valence-corrected chi connectivity index (χ1v) is 7.50. The fourth-order valence-electron chi connectivity index (χ4n) is 2.25. The van der Waals surface area contributed by atoms with Gasteiger partial charge in [-0.2, -0.15) is 0 Å². The van der Waals surface area contributed by atoms with Crippen LogP contribution in [0.2, 0.25) is 0 Å². The monoisotopic (exact) mass is 411 g/mol. The number of halogens is 1. The van der Waals surface area contributed by atoms with Crippen molar-refractivity contribution in [2.24, 2.45) is 4.99 Å². The number of likely N-dealkylation sites (tertiary alicyclic amines) is 1. The van der Waals surface area contributed by atoms with Crippen molar-refractivity contribution in [1.82, 2.24) is 20.4 Å². The van der Waals surface area contributed by atoms with Crippen LogP contribution in [0.1, 0.15) is 25.7 Å². The van der Waals surface area contributed by atoms with Crippen LogP contribution in [0, 0.1) is 0 Å². The third-order valence-electron chi connectivity index (χ3n) is 3.52. The lowest BCUT2D eigenvalue weighted by Crippen LogP contribution is -2.43. The Balaban J connectivity index is 0.00000400. The molecular weight excluding hydrogens is 381 g/mol. The molecule has 1 amide bonds. The summed E-state index contributed by atoms with van der Waals surface area (Å²) in [4.78, 5) is 19.7. The first-order chi connectivity index (χ1) is 9.63. The smallest absolute Gasteiger partial charge is 0.223 e. The zero-order valence-corrected chi connectivity index (χ0v) is 15.9. The number of nitrogens with zero attached hydrogens (tertiary/aromatic N) is 3. The van der Waals surface area contributed by atoms with Crippen molar-refractivity contribution in [2.45, 2.75) is 25.7 Å². The molecule has 0 bridgehead atoms. The molecule has 1 aliphatic heterocycles. The van der Waals surface area contributed by atoms with Crippen LogP contribution in [0.4, 0.5) is 0 Å². The van der Waals surface area contributed by atoms with Crippen LogP contribution in [0.3, 0.4) is 0 Å². The van der Waals surface area contributed by atoms with Crippen molar-refractivity contribution < 1.29 is 4.79 Å². The van der Waals surface area contributed by atoms with E-state index in [1.807, 2.05) is 0 Å². The van der Waals surface area contributed by atoms with Gasteiger partial charge in [-0.25, -0.2) is 0 Å². The third kappa shape index (κ3) is 9.13. The number of carbonyl (C=O) groups excluding carboxylic acids is 1. The number of piperidine rings is 1. The normalized spacial score (nSPS) is 16.0. The highest BCUT2D eigenvalue weighted by atomic mass is 127. The van der Waals surface area contributed by atoms with Crippen LogP contribution in [0.5, 0.6) is 0 Å². The molecule has 0 spiro atoms. The van der Waals surface area contributed by atoms with Crippen molar-refractivity contribution in [1.29, 1.82) is 0 Å². The maximum absolute atomic E-state index is 11.5. The standard InChI is InChI=1S/C14H29N5O.HI/c1-15-14(16-8-7-13(20)18(2)3)17-9-12-19-10-5-4-6-11-19;/h4-12H2,1-3H3,(H2,15,16,17);1H. The highest BCUT2D eigenvalue weighted by molar-refractivity contribution is 14.0. The number of amides is 1. The van der Waals surface area contributed by atoms with Gasteiger partial charge in [0.05, 0.1) is 0 Å². The zero-order valence-electron chi connectivity index (χ0n) is 13.5. The number of nitrogens with one attached hydrogen (secondary N) is 2. The van der Waals surface area contributed by atoms with E-state index in [4.69, 9.17) is 0 Å². The van der Waals surface area contributed by atoms with E-state index in [2.05, 4.69) is 20.5 Å². The topological polar surface area (TPSA) is 60.0 Å². The van der Waals surface area contributed by atoms with Gasteiger partial charge in [0, 0.05) is 47.2 Å². The molecule has 0 saturated carbocycles. The molecule has 124 valence electrons. The van der Waals surface area contributed by atoms with Crippen LogP contribution in [-0.2, 0) is 4.79 Å². The van der Waals surface area contributed by atoms with Crippen LogP contribution >= 0.6 is 24.0 Å². The summed E-state index contributed by atoms with van der Waals surface area (Å²) in [5.41, 5.74) is 0. The van der Waals surface area contributed by atoms with Crippen LogP contribution in [0.25, 0.3) is 0 Å². The second-order valence-corrected chi connectivity index (χ2v) is 5.37. The maximum Gasteiger partial charge on any atom is 0.223 e. The number of hydrogen-bond donors (Lipinski definition) is 2. The van der Waals surface area contributed by atoms with E-state index < -0.39 is 0 Å². The molecule has 6 nitrogen and oxygen atoms in total. The Morgan fingerprint density at radius 2 is 1.76 bits per heavy atom. The summed E-state index contributed by atoms with van der Waals surface area (Å²) >= 11 is 0. The van der Waals surface area contributed by atoms with E-state index in [0.29, 0.717) is 13.0 Å². The maximum atomic E-state index is 11.5. The van der Waals surface area contributed by atoms with Crippen molar-refractivity contribution in [2.75, 3.05) is 53.9 Å². The van der Waals surface area contributed by atoms with E-state index in [1.165, 1.54) is 32.4 Å². The van der Waals surface area contributed by atoms with E-state index in [9.17, 15) is 4.79 Å². The van der Waals surface area contributed by atoms with E-state index >= 15 is 0 Å². The lowest BCUT2D eigenvalue weighted by molar-refractivity contribution is -0.128.